The number of hydrogen-bond acceptors (Lipinski definition) is 0. The van der Waals surface area contributed by atoms with Crippen molar-refractivity contribution in [3.8, 4) is 0 Å². The molecule has 0 aliphatic heterocycles. The zero-order chi connectivity index (χ0) is 6.24. The monoisotopic (exact) mass is 222 g/mol. The minimum absolute atomic E-state index is 0. The molecule has 0 fully saturated rings. The molecule has 74 valence electrons. The molecule has 0 aliphatic carbocycles. The summed E-state index contributed by atoms with van der Waals surface area (Å²) >= 11 is 0. The lowest BCUT2D eigenvalue weighted by molar-refractivity contribution is 0.624. The van der Waals surface area contributed by atoms with Crippen LogP contribution >= 0.6 is 37.2 Å². The lowest BCUT2D eigenvalue weighted by Gasteiger charge is -1.93. The van der Waals surface area contributed by atoms with Crippen LogP contribution < -0.4 is 0 Å². The first kappa shape index (κ1) is 22.6. The van der Waals surface area contributed by atoms with Crippen LogP contribution in [0.1, 0.15) is 52.4 Å². The Bertz CT molecular complexity index is 34.3. The van der Waals surface area contributed by atoms with E-state index in [4.69, 9.17) is 0 Å². The van der Waals surface area contributed by atoms with Gasteiger partial charge in [-0.25, -0.2) is 0 Å². The molecule has 0 saturated carbocycles. The van der Waals surface area contributed by atoms with Crippen LogP contribution in [0.25, 0.3) is 0 Å². The second-order valence-electron chi connectivity index (χ2n) is 2.41. The fourth-order valence-corrected chi connectivity index (χ4v) is 0.854. The number of halogens is 3. The van der Waals surface area contributed by atoms with Gasteiger partial charge in [0.25, 0.3) is 0 Å². The summed E-state index contributed by atoms with van der Waals surface area (Å²) in [6.45, 7) is 4.51. The Balaban J connectivity index is -0.0000000817. The maximum absolute atomic E-state index is 2.26. The predicted molar refractivity (Wildman–Crippen MR) is 60.8 cm³/mol. The fraction of sp³-hybridized carbons (Fsp3) is 1.00. The van der Waals surface area contributed by atoms with E-state index in [-0.39, 0.29) is 37.2 Å². The summed E-state index contributed by atoms with van der Waals surface area (Å²) < 4.78 is 0. The van der Waals surface area contributed by atoms with Crippen LogP contribution in [0.2, 0.25) is 0 Å². The Kier molecular flexibility index (Phi) is 46.2. The second kappa shape index (κ2) is 22.4. The van der Waals surface area contributed by atoms with Crippen molar-refractivity contribution in [2.75, 3.05) is 0 Å². The van der Waals surface area contributed by atoms with Gasteiger partial charge in [0.2, 0.25) is 0 Å². The SMILES string of the molecule is CCCCCCCC.Cl.Cl.Cl. The first-order valence-electron chi connectivity index (χ1n) is 3.91. The second-order valence-corrected chi connectivity index (χ2v) is 2.41. The van der Waals surface area contributed by atoms with Crippen LogP contribution in [0, 0.1) is 0 Å². The summed E-state index contributed by atoms with van der Waals surface area (Å²) in [6.07, 6.45) is 8.49. The zero-order valence-corrected chi connectivity index (χ0v) is 9.92. The molecule has 0 N–H and O–H groups in total. The molecule has 0 amide bonds. The molecule has 0 aliphatic rings. The van der Waals surface area contributed by atoms with Gasteiger partial charge in [0.1, 0.15) is 0 Å². The van der Waals surface area contributed by atoms with Gasteiger partial charge in [-0.2, -0.15) is 0 Å². The minimum Gasteiger partial charge on any atom is -0.147 e. The minimum atomic E-state index is 0. The Labute approximate surface area is 89.8 Å². The maximum atomic E-state index is 2.26. The van der Waals surface area contributed by atoms with Gasteiger partial charge < -0.3 is 0 Å². The normalized spacial score (nSPS) is 7.09. The van der Waals surface area contributed by atoms with E-state index in [0.29, 0.717) is 0 Å². The smallest absolute Gasteiger partial charge is 0.0533 e. The van der Waals surface area contributed by atoms with E-state index in [1.807, 2.05) is 0 Å². The molecule has 0 aromatic rings. The molecular weight excluding hydrogens is 202 g/mol. The first-order valence-corrected chi connectivity index (χ1v) is 3.91. The average Bonchev–Trinajstić information content (AvgIpc) is 1.81. The highest BCUT2D eigenvalue weighted by molar-refractivity contribution is 5.86. The van der Waals surface area contributed by atoms with E-state index >= 15 is 0 Å². The third kappa shape index (κ3) is 24.8. The molecule has 0 atom stereocenters. The largest absolute Gasteiger partial charge is 0.147 e. The van der Waals surface area contributed by atoms with Crippen molar-refractivity contribution in [1.82, 2.24) is 0 Å². The standard InChI is InChI=1S/C8H18.3ClH/c1-3-5-7-8-6-4-2;;;/h3-8H2,1-2H3;3*1H. The Morgan fingerprint density at radius 2 is 0.818 bits per heavy atom. The summed E-state index contributed by atoms with van der Waals surface area (Å²) in [6, 6.07) is 0. The van der Waals surface area contributed by atoms with E-state index in [9.17, 15) is 0 Å². The average molecular weight is 224 g/mol. The highest BCUT2D eigenvalue weighted by atomic mass is 35.5. The summed E-state index contributed by atoms with van der Waals surface area (Å²) in [4.78, 5) is 0. The Morgan fingerprint density at radius 1 is 0.545 bits per heavy atom. The van der Waals surface area contributed by atoms with Crippen molar-refractivity contribution in [2.45, 2.75) is 52.4 Å². The van der Waals surface area contributed by atoms with E-state index in [1.165, 1.54) is 38.5 Å². The van der Waals surface area contributed by atoms with Gasteiger partial charge in [-0.1, -0.05) is 52.4 Å². The Morgan fingerprint density at radius 3 is 1.00 bits per heavy atom. The summed E-state index contributed by atoms with van der Waals surface area (Å²) in [5.74, 6) is 0. The van der Waals surface area contributed by atoms with Crippen molar-refractivity contribution in [1.29, 1.82) is 0 Å². The Hall–Kier alpha value is 0.870. The molecule has 0 aromatic heterocycles. The zero-order valence-electron chi connectivity index (χ0n) is 7.47. The summed E-state index contributed by atoms with van der Waals surface area (Å²) in [5, 5.41) is 0. The van der Waals surface area contributed by atoms with Crippen molar-refractivity contribution in [3.63, 3.8) is 0 Å². The van der Waals surface area contributed by atoms with Crippen LogP contribution in [-0.2, 0) is 0 Å². The highest BCUT2D eigenvalue weighted by Crippen LogP contribution is 2.03. The number of unbranched alkanes of at least 4 members (excludes halogenated alkanes) is 5. The predicted octanol–water partition coefficient (Wildman–Crippen LogP) is 4.63. The van der Waals surface area contributed by atoms with E-state index in [1.54, 1.807) is 0 Å². The molecule has 0 aromatic carbocycles. The molecule has 0 radical (unpaired) electrons. The van der Waals surface area contributed by atoms with Crippen LogP contribution in [-0.4, -0.2) is 0 Å². The third-order valence-corrected chi connectivity index (χ3v) is 1.46. The number of rotatable bonds is 5. The highest BCUT2D eigenvalue weighted by Gasteiger charge is 1.83. The topological polar surface area (TPSA) is 0 Å². The van der Waals surface area contributed by atoms with Crippen LogP contribution in [0.3, 0.4) is 0 Å². The molecule has 3 heteroatoms. The third-order valence-electron chi connectivity index (χ3n) is 1.46. The van der Waals surface area contributed by atoms with Crippen molar-refractivity contribution in [2.24, 2.45) is 0 Å². The molecule has 0 heterocycles. The van der Waals surface area contributed by atoms with Crippen molar-refractivity contribution in [3.05, 3.63) is 0 Å². The molecular formula is C8H21Cl3. The van der Waals surface area contributed by atoms with Gasteiger partial charge in [-0.05, 0) is 0 Å². The van der Waals surface area contributed by atoms with Crippen molar-refractivity contribution < 1.29 is 0 Å². The first-order chi connectivity index (χ1) is 3.91. The lowest BCUT2D eigenvalue weighted by atomic mass is 10.1. The molecule has 0 unspecified atom stereocenters. The summed E-state index contributed by atoms with van der Waals surface area (Å²) in [5.41, 5.74) is 0. The van der Waals surface area contributed by atoms with Crippen molar-refractivity contribution >= 4 is 37.2 Å². The van der Waals surface area contributed by atoms with Gasteiger partial charge >= 0.3 is 0 Å². The molecule has 0 saturated heterocycles. The molecule has 0 spiro atoms. The van der Waals surface area contributed by atoms with E-state index in [2.05, 4.69) is 13.8 Å². The molecule has 0 rings (SSSR count). The van der Waals surface area contributed by atoms with Gasteiger partial charge in [-0.3, -0.25) is 0 Å². The fourth-order valence-electron chi connectivity index (χ4n) is 0.854. The molecule has 11 heavy (non-hydrogen) atoms. The van der Waals surface area contributed by atoms with Gasteiger partial charge in [-0.15, -0.1) is 37.2 Å². The number of hydrogen-bond donors (Lipinski definition) is 0. The van der Waals surface area contributed by atoms with E-state index in [0.717, 1.165) is 0 Å². The summed E-state index contributed by atoms with van der Waals surface area (Å²) in [7, 11) is 0. The maximum Gasteiger partial charge on any atom is -0.0533 e. The molecule has 0 nitrogen and oxygen atoms in total. The quantitative estimate of drug-likeness (QED) is 0.596. The lowest BCUT2D eigenvalue weighted by Crippen LogP contribution is -1.73. The van der Waals surface area contributed by atoms with Crippen LogP contribution in [0.4, 0.5) is 0 Å². The van der Waals surface area contributed by atoms with Gasteiger partial charge in [0, 0.05) is 0 Å². The van der Waals surface area contributed by atoms with Crippen LogP contribution in [0.5, 0.6) is 0 Å². The van der Waals surface area contributed by atoms with Gasteiger partial charge in [0.15, 0.2) is 0 Å². The van der Waals surface area contributed by atoms with E-state index < -0.39 is 0 Å². The van der Waals surface area contributed by atoms with Crippen LogP contribution in [0.15, 0.2) is 0 Å². The molecule has 0 bridgehead atoms. The van der Waals surface area contributed by atoms with Gasteiger partial charge in [0.05, 0.1) is 0 Å².